The van der Waals surface area contributed by atoms with E-state index in [9.17, 15) is 39.0 Å². The summed E-state index contributed by atoms with van der Waals surface area (Å²) < 4.78 is 0. The predicted molar refractivity (Wildman–Crippen MR) is 104 cm³/mol. The van der Waals surface area contributed by atoms with Gasteiger partial charge in [0.15, 0.2) is 0 Å². The molecule has 0 bridgehead atoms. The highest BCUT2D eigenvalue weighted by molar-refractivity contribution is 5.96. The van der Waals surface area contributed by atoms with Crippen molar-refractivity contribution in [3.63, 3.8) is 0 Å². The normalized spacial score (nSPS) is 18.3. The minimum absolute atomic E-state index is 0.308. The zero-order valence-electron chi connectivity index (χ0n) is 16.8. The number of carboxylic acids is 1. The van der Waals surface area contributed by atoms with Crippen molar-refractivity contribution in [3.05, 3.63) is 0 Å². The molecule has 4 atom stereocenters. The molecule has 0 spiro atoms. The number of carbonyl (C=O) groups excluding carboxylic acids is 5. The molecule has 0 aromatic rings. The van der Waals surface area contributed by atoms with Crippen LogP contribution in [0, 0.1) is 0 Å². The van der Waals surface area contributed by atoms with Crippen molar-refractivity contribution in [1.29, 1.82) is 0 Å². The van der Waals surface area contributed by atoms with E-state index in [2.05, 4.69) is 21.3 Å². The van der Waals surface area contributed by atoms with Gasteiger partial charge in [0.25, 0.3) is 0 Å². The molecule has 1 aliphatic rings. The molecule has 1 aliphatic heterocycles. The van der Waals surface area contributed by atoms with Crippen LogP contribution in [-0.2, 0) is 28.8 Å². The SMILES string of the molecule is NC(=O)CCC(NC(=O)C(CC(N)=O)NC(=O)C(CO)NC(=O)C1CCCN1)C(=O)O. The van der Waals surface area contributed by atoms with Crippen LogP contribution in [0.5, 0.6) is 0 Å². The van der Waals surface area contributed by atoms with E-state index in [-0.39, 0.29) is 12.8 Å². The Kier molecular flexibility index (Phi) is 10.3. The van der Waals surface area contributed by atoms with Gasteiger partial charge in [-0.1, -0.05) is 0 Å². The summed E-state index contributed by atoms with van der Waals surface area (Å²) in [6.07, 6.45) is 0.0287. The van der Waals surface area contributed by atoms with Crippen LogP contribution in [0.25, 0.3) is 0 Å². The molecule has 1 saturated heterocycles. The van der Waals surface area contributed by atoms with Gasteiger partial charge in [-0.15, -0.1) is 0 Å². The summed E-state index contributed by atoms with van der Waals surface area (Å²) in [4.78, 5) is 70.5. The van der Waals surface area contributed by atoms with E-state index in [0.717, 1.165) is 6.42 Å². The fraction of sp³-hybridized carbons (Fsp3) is 0.647. The molecule has 174 valence electrons. The van der Waals surface area contributed by atoms with Gasteiger partial charge in [0.05, 0.1) is 19.1 Å². The third-order valence-electron chi connectivity index (χ3n) is 4.52. The fourth-order valence-corrected chi connectivity index (χ4v) is 2.87. The van der Waals surface area contributed by atoms with Crippen LogP contribution < -0.4 is 32.7 Å². The second kappa shape index (κ2) is 12.4. The third kappa shape index (κ3) is 8.96. The predicted octanol–water partition coefficient (Wildman–Crippen LogP) is -4.59. The highest BCUT2D eigenvalue weighted by Gasteiger charge is 2.32. The number of amides is 5. The maximum absolute atomic E-state index is 12.4. The first-order valence-corrected chi connectivity index (χ1v) is 9.59. The summed E-state index contributed by atoms with van der Waals surface area (Å²) in [5.41, 5.74) is 10.1. The molecule has 1 heterocycles. The standard InChI is InChI=1S/C17H28N6O8/c18-12(25)4-3-9(17(30)31)21-15(28)10(6-13(19)26)22-16(29)11(7-24)23-14(27)8-2-1-5-20-8/h8-11,20,24H,1-7H2,(H2,18,25)(H2,19,26)(H,21,28)(H,22,29)(H,23,27)(H,30,31). The zero-order valence-corrected chi connectivity index (χ0v) is 16.8. The van der Waals surface area contributed by atoms with E-state index in [4.69, 9.17) is 11.5 Å². The summed E-state index contributed by atoms with van der Waals surface area (Å²) in [7, 11) is 0. The summed E-state index contributed by atoms with van der Waals surface area (Å²) >= 11 is 0. The Bertz CT molecular complexity index is 709. The average Bonchev–Trinajstić information content (AvgIpc) is 3.22. The molecule has 0 aromatic carbocycles. The fourth-order valence-electron chi connectivity index (χ4n) is 2.87. The monoisotopic (exact) mass is 444 g/mol. The molecule has 1 fully saturated rings. The molecule has 14 nitrogen and oxygen atoms in total. The van der Waals surface area contributed by atoms with E-state index < -0.39 is 72.7 Å². The van der Waals surface area contributed by atoms with Gasteiger partial charge in [-0.05, 0) is 25.8 Å². The van der Waals surface area contributed by atoms with E-state index in [1.54, 1.807) is 0 Å². The van der Waals surface area contributed by atoms with Gasteiger partial charge >= 0.3 is 5.97 Å². The molecule has 0 aliphatic carbocycles. The van der Waals surface area contributed by atoms with E-state index in [1.807, 2.05) is 0 Å². The maximum Gasteiger partial charge on any atom is 0.326 e. The second-order valence-corrected chi connectivity index (χ2v) is 7.03. The molecule has 1 rings (SSSR count). The van der Waals surface area contributed by atoms with Gasteiger partial charge in [-0.2, -0.15) is 0 Å². The number of primary amides is 2. The van der Waals surface area contributed by atoms with Gasteiger partial charge in [-0.25, -0.2) is 4.79 Å². The van der Waals surface area contributed by atoms with E-state index in [1.165, 1.54) is 0 Å². The first-order chi connectivity index (χ1) is 14.5. The second-order valence-electron chi connectivity index (χ2n) is 7.03. The number of carboxylic acid groups (broad SMARTS) is 1. The molecule has 0 saturated carbocycles. The summed E-state index contributed by atoms with van der Waals surface area (Å²) in [5, 5.41) is 28.2. The van der Waals surface area contributed by atoms with Crippen LogP contribution in [-0.4, -0.2) is 83.0 Å². The number of rotatable bonds is 13. The molecule has 5 amide bonds. The van der Waals surface area contributed by atoms with Crippen molar-refractivity contribution in [2.45, 2.75) is 56.3 Å². The van der Waals surface area contributed by atoms with Crippen LogP contribution in [0.2, 0.25) is 0 Å². The van der Waals surface area contributed by atoms with Gasteiger partial charge in [-0.3, -0.25) is 24.0 Å². The Morgan fingerprint density at radius 2 is 1.55 bits per heavy atom. The Morgan fingerprint density at radius 3 is 2.03 bits per heavy atom. The first-order valence-electron chi connectivity index (χ1n) is 9.59. The Morgan fingerprint density at radius 1 is 0.935 bits per heavy atom. The van der Waals surface area contributed by atoms with Crippen LogP contribution in [0.15, 0.2) is 0 Å². The van der Waals surface area contributed by atoms with Crippen molar-refractivity contribution < 1.29 is 39.0 Å². The molecule has 0 aromatic heterocycles. The quantitative estimate of drug-likeness (QED) is 0.136. The minimum Gasteiger partial charge on any atom is -0.480 e. The summed E-state index contributed by atoms with van der Waals surface area (Å²) in [6, 6.07) is -5.01. The highest BCUT2D eigenvalue weighted by atomic mass is 16.4. The molecular weight excluding hydrogens is 416 g/mol. The summed E-state index contributed by atoms with van der Waals surface area (Å²) in [5.74, 6) is -5.74. The number of hydrogen-bond donors (Lipinski definition) is 8. The lowest BCUT2D eigenvalue weighted by molar-refractivity contribution is -0.142. The van der Waals surface area contributed by atoms with Crippen molar-refractivity contribution in [2.75, 3.05) is 13.2 Å². The van der Waals surface area contributed by atoms with Gasteiger partial charge in [0, 0.05) is 6.42 Å². The Labute approximate surface area is 177 Å². The van der Waals surface area contributed by atoms with E-state index in [0.29, 0.717) is 13.0 Å². The molecule has 14 heteroatoms. The average molecular weight is 444 g/mol. The largest absolute Gasteiger partial charge is 0.480 e. The molecule has 31 heavy (non-hydrogen) atoms. The third-order valence-corrected chi connectivity index (χ3v) is 4.52. The smallest absolute Gasteiger partial charge is 0.326 e. The topological polar surface area (TPSA) is 243 Å². The number of carbonyl (C=O) groups is 6. The molecule has 4 unspecified atom stereocenters. The number of aliphatic carboxylic acids is 1. The zero-order chi connectivity index (χ0) is 23.6. The molecular formula is C17H28N6O8. The lowest BCUT2D eigenvalue weighted by Gasteiger charge is -2.23. The lowest BCUT2D eigenvalue weighted by Crippen LogP contribution is -2.58. The lowest BCUT2D eigenvalue weighted by atomic mass is 10.1. The van der Waals surface area contributed by atoms with Crippen LogP contribution in [0.3, 0.4) is 0 Å². The van der Waals surface area contributed by atoms with Crippen LogP contribution in [0.1, 0.15) is 32.1 Å². The summed E-state index contributed by atoms with van der Waals surface area (Å²) in [6.45, 7) is -0.152. The number of aliphatic hydroxyl groups is 1. The van der Waals surface area contributed by atoms with Gasteiger partial charge < -0.3 is 42.9 Å². The Balaban J connectivity index is 2.81. The molecule has 10 N–H and O–H groups in total. The van der Waals surface area contributed by atoms with Crippen molar-refractivity contribution in [3.8, 4) is 0 Å². The number of aliphatic hydroxyl groups excluding tert-OH is 1. The van der Waals surface area contributed by atoms with Crippen LogP contribution in [0.4, 0.5) is 0 Å². The van der Waals surface area contributed by atoms with Crippen LogP contribution >= 0.6 is 0 Å². The van der Waals surface area contributed by atoms with Gasteiger partial charge in [0.2, 0.25) is 29.5 Å². The highest BCUT2D eigenvalue weighted by Crippen LogP contribution is 2.05. The number of nitrogens with two attached hydrogens (primary N) is 2. The Hall–Kier alpha value is -3.26. The van der Waals surface area contributed by atoms with Crippen molar-refractivity contribution in [1.82, 2.24) is 21.3 Å². The number of hydrogen-bond acceptors (Lipinski definition) is 8. The maximum atomic E-state index is 12.4. The van der Waals surface area contributed by atoms with Crippen molar-refractivity contribution in [2.24, 2.45) is 11.5 Å². The van der Waals surface area contributed by atoms with Crippen molar-refractivity contribution >= 4 is 35.5 Å². The van der Waals surface area contributed by atoms with Gasteiger partial charge in [0.1, 0.15) is 18.1 Å². The molecule has 0 radical (unpaired) electrons. The minimum atomic E-state index is -1.57. The first kappa shape index (κ1) is 25.8. The van der Waals surface area contributed by atoms with E-state index >= 15 is 0 Å². The number of nitrogens with one attached hydrogen (secondary N) is 4.